The van der Waals surface area contributed by atoms with Gasteiger partial charge in [0.15, 0.2) is 0 Å². The molecule has 0 aliphatic heterocycles. The molecule has 0 saturated heterocycles. The van der Waals surface area contributed by atoms with Crippen molar-refractivity contribution in [2.45, 2.75) is 13.0 Å². The van der Waals surface area contributed by atoms with E-state index in [2.05, 4.69) is 5.32 Å². The van der Waals surface area contributed by atoms with Crippen LogP contribution in [0.5, 0.6) is 5.75 Å². The molecule has 27 heavy (non-hydrogen) atoms. The normalized spacial score (nSPS) is 12.3. The van der Waals surface area contributed by atoms with Crippen molar-refractivity contribution in [1.82, 2.24) is 5.32 Å². The lowest BCUT2D eigenvalue weighted by Gasteiger charge is -2.19. The Balaban J connectivity index is 1.86. The molecule has 0 heterocycles. The van der Waals surface area contributed by atoms with Crippen LogP contribution in [-0.4, -0.2) is 13.0 Å². The van der Waals surface area contributed by atoms with E-state index in [1.165, 1.54) is 0 Å². The average Bonchev–Trinajstić information content (AvgIpc) is 2.73. The Kier molecular flexibility index (Phi) is 6.06. The molecule has 0 aliphatic rings. The SMILES string of the molecule is COc1ccc(C(NC(=O)/C=C(\C)c2ccccc2)c2ccccc2)cc1. The lowest BCUT2D eigenvalue weighted by molar-refractivity contribution is -0.116. The highest BCUT2D eigenvalue weighted by molar-refractivity contribution is 5.95. The number of ether oxygens (including phenoxy) is 1. The highest BCUT2D eigenvalue weighted by Gasteiger charge is 2.16. The highest BCUT2D eigenvalue weighted by atomic mass is 16.5. The summed E-state index contributed by atoms with van der Waals surface area (Å²) >= 11 is 0. The number of allylic oxidation sites excluding steroid dienone is 1. The first-order chi connectivity index (χ1) is 13.2. The molecule has 0 spiro atoms. The number of rotatable bonds is 6. The van der Waals surface area contributed by atoms with E-state index >= 15 is 0 Å². The quantitative estimate of drug-likeness (QED) is 0.630. The Morgan fingerprint density at radius 3 is 2.00 bits per heavy atom. The fourth-order valence-corrected chi connectivity index (χ4v) is 2.97. The van der Waals surface area contributed by atoms with Crippen molar-refractivity contribution < 1.29 is 9.53 Å². The van der Waals surface area contributed by atoms with E-state index in [0.717, 1.165) is 28.0 Å². The maximum atomic E-state index is 12.7. The maximum Gasteiger partial charge on any atom is 0.245 e. The minimum absolute atomic E-state index is 0.124. The first-order valence-corrected chi connectivity index (χ1v) is 8.90. The molecular weight excluding hydrogens is 334 g/mol. The van der Waals surface area contributed by atoms with Crippen LogP contribution in [0.2, 0.25) is 0 Å². The molecule has 136 valence electrons. The molecule has 3 nitrogen and oxygen atoms in total. The van der Waals surface area contributed by atoms with E-state index < -0.39 is 0 Å². The van der Waals surface area contributed by atoms with Crippen LogP contribution in [0.15, 0.2) is 91.0 Å². The minimum Gasteiger partial charge on any atom is -0.497 e. The van der Waals surface area contributed by atoms with E-state index in [1.54, 1.807) is 13.2 Å². The third-order valence-electron chi connectivity index (χ3n) is 4.45. The van der Waals surface area contributed by atoms with Crippen molar-refractivity contribution in [3.05, 3.63) is 108 Å². The number of hydrogen-bond donors (Lipinski definition) is 1. The van der Waals surface area contributed by atoms with Gasteiger partial charge in [0.2, 0.25) is 5.91 Å². The van der Waals surface area contributed by atoms with Gasteiger partial charge < -0.3 is 10.1 Å². The van der Waals surface area contributed by atoms with E-state index in [1.807, 2.05) is 91.9 Å². The molecule has 3 aromatic rings. The molecule has 0 radical (unpaired) electrons. The second-order valence-electron chi connectivity index (χ2n) is 6.32. The number of carbonyl (C=O) groups excluding carboxylic acids is 1. The van der Waals surface area contributed by atoms with Crippen LogP contribution in [0.25, 0.3) is 5.57 Å². The van der Waals surface area contributed by atoms with Crippen LogP contribution in [0.3, 0.4) is 0 Å². The number of benzene rings is 3. The molecule has 1 atom stereocenters. The van der Waals surface area contributed by atoms with Crippen LogP contribution >= 0.6 is 0 Å². The summed E-state index contributed by atoms with van der Waals surface area (Å²) in [6.07, 6.45) is 1.65. The monoisotopic (exact) mass is 357 g/mol. The molecule has 1 unspecified atom stereocenters. The summed E-state index contributed by atoms with van der Waals surface area (Å²) in [4.78, 5) is 12.7. The predicted molar refractivity (Wildman–Crippen MR) is 110 cm³/mol. The third kappa shape index (κ3) is 4.85. The van der Waals surface area contributed by atoms with Crippen molar-refractivity contribution in [1.29, 1.82) is 0 Å². The van der Waals surface area contributed by atoms with Crippen molar-refractivity contribution in [2.24, 2.45) is 0 Å². The number of carbonyl (C=O) groups is 1. The lowest BCUT2D eigenvalue weighted by atomic mass is 9.98. The molecule has 0 saturated carbocycles. The molecular formula is C24H23NO2. The van der Waals surface area contributed by atoms with Crippen LogP contribution in [0.4, 0.5) is 0 Å². The topological polar surface area (TPSA) is 38.3 Å². The fourth-order valence-electron chi connectivity index (χ4n) is 2.97. The summed E-state index contributed by atoms with van der Waals surface area (Å²) in [7, 11) is 1.64. The van der Waals surface area contributed by atoms with Gasteiger partial charge in [-0.15, -0.1) is 0 Å². The second-order valence-corrected chi connectivity index (χ2v) is 6.32. The van der Waals surface area contributed by atoms with Gasteiger partial charge in [-0.05, 0) is 41.3 Å². The Labute approximate surface area is 160 Å². The van der Waals surface area contributed by atoms with Gasteiger partial charge in [-0.3, -0.25) is 4.79 Å². The molecule has 0 aromatic heterocycles. The zero-order valence-corrected chi connectivity index (χ0v) is 15.6. The van der Waals surface area contributed by atoms with Gasteiger partial charge in [-0.25, -0.2) is 0 Å². The molecule has 0 fully saturated rings. The van der Waals surface area contributed by atoms with Crippen LogP contribution < -0.4 is 10.1 Å². The van der Waals surface area contributed by atoms with Crippen molar-refractivity contribution in [3.8, 4) is 5.75 Å². The number of hydrogen-bond acceptors (Lipinski definition) is 2. The molecule has 3 heteroatoms. The van der Waals surface area contributed by atoms with E-state index in [-0.39, 0.29) is 11.9 Å². The van der Waals surface area contributed by atoms with Gasteiger partial charge in [-0.1, -0.05) is 72.8 Å². The summed E-state index contributed by atoms with van der Waals surface area (Å²) in [6, 6.07) is 27.4. The van der Waals surface area contributed by atoms with Gasteiger partial charge in [0, 0.05) is 6.08 Å². The standard InChI is InChI=1S/C24H23NO2/c1-18(19-9-5-3-6-10-19)17-23(26)25-24(20-11-7-4-8-12-20)21-13-15-22(27-2)16-14-21/h3-17,24H,1-2H3,(H,25,26)/b18-17+. The predicted octanol–water partition coefficient (Wildman–Crippen LogP) is 5.00. The van der Waals surface area contributed by atoms with Crippen molar-refractivity contribution in [3.63, 3.8) is 0 Å². The molecule has 3 rings (SSSR count). The van der Waals surface area contributed by atoms with Crippen LogP contribution in [-0.2, 0) is 4.79 Å². The van der Waals surface area contributed by atoms with E-state index in [0.29, 0.717) is 0 Å². The highest BCUT2D eigenvalue weighted by Crippen LogP contribution is 2.24. The Bertz CT molecular complexity index is 900. The van der Waals surface area contributed by atoms with Crippen molar-refractivity contribution in [2.75, 3.05) is 7.11 Å². The van der Waals surface area contributed by atoms with Gasteiger partial charge >= 0.3 is 0 Å². The smallest absolute Gasteiger partial charge is 0.245 e. The summed E-state index contributed by atoms with van der Waals surface area (Å²) < 4.78 is 5.24. The second kappa shape index (κ2) is 8.86. The largest absolute Gasteiger partial charge is 0.497 e. The van der Waals surface area contributed by atoms with Crippen molar-refractivity contribution >= 4 is 11.5 Å². The fraction of sp³-hybridized carbons (Fsp3) is 0.125. The van der Waals surface area contributed by atoms with E-state index in [9.17, 15) is 4.79 Å². The average molecular weight is 357 g/mol. The number of nitrogens with one attached hydrogen (secondary N) is 1. The summed E-state index contributed by atoms with van der Waals surface area (Å²) in [5, 5.41) is 3.13. The lowest BCUT2D eigenvalue weighted by Crippen LogP contribution is -2.27. The van der Waals surface area contributed by atoms with Gasteiger partial charge in [0.05, 0.1) is 13.2 Å². The van der Waals surface area contributed by atoms with Gasteiger partial charge in [-0.2, -0.15) is 0 Å². The maximum absolute atomic E-state index is 12.7. The summed E-state index contributed by atoms with van der Waals surface area (Å²) in [6.45, 7) is 1.94. The minimum atomic E-state index is -0.232. The van der Waals surface area contributed by atoms with Crippen LogP contribution in [0.1, 0.15) is 29.7 Å². The zero-order valence-electron chi connectivity index (χ0n) is 15.6. The number of methoxy groups -OCH3 is 1. The Morgan fingerprint density at radius 2 is 1.41 bits per heavy atom. The first-order valence-electron chi connectivity index (χ1n) is 8.90. The van der Waals surface area contributed by atoms with Gasteiger partial charge in [0.1, 0.15) is 5.75 Å². The Hall–Kier alpha value is -3.33. The Morgan fingerprint density at radius 1 is 0.852 bits per heavy atom. The first kappa shape index (κ1) is 18.5. The number of amides is 1. The molecule has 0 aliphatic carbocycles. The molecule has 1 amide bonds. The zero-order chi connectivity index (χ0) is 19.1. The molecule has 0 bridgehead atoms. The molecule has 1 N–H and O–H groups in total. The summed E-state index contributed by atoms with van der Waals surface area (Å²) in [5.41, 5.74) is 3.99. The van der Waals surface area contributed by atoms with Crippen LogP contribution in [0, 0.1) is 0 Å². The van der Waals surface area contributed by atoms with Gasteiger partial charge in [0.25, 0.3) is 0 Å². The summed E-state index contributed by atoms with van der Waals surface area (Å²) in [5.74, 6) is 0.665. The van der Waals surface area contributed by atoms with E-state index in [4.69, 9.17) is 4.74 Å². The molecule has 3 aromatic carbocycles. The third-order valence-corrected chi connectivity index (χ3v) is 4.45.